The Bertz CT molecular complexity index is 525. The molecule has 0 amide bonds. The Morgan fingerprint density at radius 3 is 2.71 bits per heavy atom. The number of hydrogen-bond acceptors (Lipinski definition) is 5. The molecule has 0 spiro atoms. The molecule has 0 unspecified atom stereocenters. The molecule has 2 aromatic rings. The first-order valence-electron chi connectivity index (χ1n) is 7.02. The van der Waals surface area contributed by atoms with Gasteiger partial charge in [-0.2, -0.15) is 5.10 Å². The summed E-state index contributed by atoms with van der Waals surface area (Å²) in [4.78, 5) is 4.28. The summed E-state index contributed by atoms with van der Waals surface area (Å²) in [5.41, 5.74) is 1.26. The highest BCUT2D eigenvalue weighted by Crippen LogP contribution is 2.11. The van der Waals surface area contributed by atoms with Gasteiger partial charge in [0.15, 0.2) is 5.82 Å². The van der Waals surface area contributed by atoms with Crippen LogP contribution in [0, 0.1) is 0 Å². The molecule has 1 aromatic heterocycles. The fourth-order valence-electron chi connectivity index (χ4n) is 1.93. The molecule has 114 valence electrons. The van der Waals surface area contributed by atoms with Gasteiger partial charge in [-0.25, -0.2) is 4.98 Å². The predicted octanol–water partition coefficient (Wildman–Crippen LogP) is 1.27. The predicted molar refractivity (Wildman–Crippen MR) is 80.3 cm³/mol. The van der Waals surface area contributed by atoms with Gasteiger partial charge in [0.25, 0.3) is 0 Å². The molecular weight excluding hydrogens is 268 g/mol. The lowest BCUT2D eigenvalue weighted by Gasteiger charge is -2.03. The number of ether oxygens (including phenoxy) is 2. The third-order valence-electron chi connectivity index (χ3n) is 3.14. The summed E-state index contributed by atoms with van der Waals surface area (Å²) in [5.74, 6) is 1.68. The van der Waals surface area contributed by atoms with Crippen molar-refractivity contribution in [2.75, 3.05) is 27.4 Å². The zero-order valence-electron chi connectivity index (χ0n) is 12.6. The van der Waals surface area contributed by atoms with Crippen molar-refractivity contribution < 1.29 is 9.47 Å². The monoisotopic (exact) mass is 290 g/mol. The maximum atomic E-state index is 5.15. The zero-order chi connectivity index (χ0) is 14.9. The second-order valence-corrected chi connectivity index (χ2v) is 4.69. The number of rotatable bonds is 9. The van der Waals surface area contributed by atoms with Crippen molar-refractivity contribution in [2.45, 2.75) is 19.5 Å². The Morgan fingerprint density at radius 2 is 2.00 bits per heavy atom. The van der Waals surface area contributed by atoms with Crippen molar-refractivity contribution in [1.29, 1.82) is 0 Å². The van der Waals surface area contributed by atoms with Crippen LogP contribution < -0.4 is 10.1 Å². The van der Waals surface area contributed by atoms with E-state index < -0.39 is 0 Å². The Morgan fingerprint density at radius 1 is 1.19 bits per heavy atom. The highest BCUT2D eigenvalue weighted by Gasteiger charge is 2.01. The van der Waals surface area contributed by atoms with E-state index in [4.69, 9.17) is 9.47 Å². The Labute approximate surface area is 125 Å². The van der Waals surface area contributed by atoms with Gasteiger partial charge in [0.1, 0.15) is 12.1 Å². The SMILES string of the molecule is COCCNCc1ncn(CCc2ccc(OC)cc2)n1. The lowest BCUT2D eigenvalue weighted by atomic mass is 10.1. The second kappa shape index (κ2) is 8.39. The fourth-order valence-corrected chi connectivity index (χ4v) is 1.93. The Kier molecular flexibility index (Phi) is 6.18. The van der Waals surface area contributed by atoms with Gasteiger partial charge in [-0.3, -0.25) is 4.68 Å². The van der Waals surface area contributed by atoms with Crippen LogP contribution in [0.25, 0.3) is 0 Å². The molecule has 0 bridgehead atoms. The Hall–Kier alpha value is -1.92. The quantitative estimate of drug-likeness (QED) is 0.705. The lowest BCUT2D eigenvalue weighted by Crippen LogP contribution is -2.19. The first-order valence-corrected chi connectivity index (χ1v) is 7.02. The molecule has 0 fully saturated rings. The smallest absolute Gasteiger partial charge is 0.164 e. The summed E-state index contributed by atoms with van der Waals surface area (Å²) < 4.78 is 12.0. The normalized spacial score (nSPS) is 10.8. The molecule has 0 atom stereocenters. The standard InChI is InChI=1S/C15H22N4O2/c1-20-10-8-16-11-15-17-12-19(18-15)9-7-13-3-5-14(21-2)6-4-13/h3-6,12,16H,7-11H2,1-2H3. The van der Waals surface area contributed by atoms with Gasteiger partial charge in [-0.05, 0) is 24.1 Å². The highest BCUT2D eigenvalue weighted by atomic mass is 16.5. The van der Waals surface area contributed by atoms with Gasteiger partial charge in [0.05, 0.1) is 20.3 Å². The molecule has 0 radical (unpaired) electrons. The average Bonchev–Trinajstić information content (AvgIpc) is 2.98. The Balaban J connectivity index is 1.76. The molecule has 1 heterocycles. The molecule has 0 saturated carbocycles. The number of nitrogens with zero attached hydrogens (tertiary/aromatic N) is 3. The molecule has 2 rings (SSSR count). The zero-order valence-corrected chi connectivity index (χ0v) is 12.6. The van der Waals surface area contributed by atoms with E-state index in [1.807, 2.05) is 16.8 Å². The van der Waals surface area contributed by atoms with E-state index in [2.05, 4.69) is 27.5 Å². The average molecular weight is 290 g/mol. The maximum Gasteiger partial charge on any atom is 0.164 e. The van der Waals surface area contributed by atoms with Gasteiger partial charge < -0.3 is 14.8 Å². The van der Waals surface area contributed by atoms with Crippen LogP contribution in [0.1, 0.15) is 11.4 Å². The van der Waals surface area contributed by atoms with Gasteiger partial charge in [0, 0.05) is 20.2 Å². The molecule has 6 heteroatoms. The number of methoxy groups -OCH3 is 2. The molecular formula is C15H22N4O2. The van der Waals surface area contributed by atoms with Crippen molar-refractivity contribution in [3.05, 3.63) is 42.0 Å². The van der Waals surface area contributed by atoms with Crippen molar-refractivity contribution in [2.24, 2.45) is 0 Å². The largest absolute Gasteiger partial charge is 0.497 e. The van der Waals surface area contributed by atoms with E-state index in [9.17, 15) is 0 Å². The van der Waals surface area contributed by atoms with E-state index in [1.165, 1.54) is 5.56 Å². The van der Waals surface area contributed by atoms with Crippen LogP contribution in [0.4, 0.5) is 0 Å². The minimum absolute atomic E-state index is 0.666. The van der Waals surface area contributed by atoms with Crippen LogP contribution in [0.15, 0.2) is 30.6 Å². The fraction of sp³-hybridized carbons (Fsp3) is 0.467. The summed E-state index contributed by atoms with van der Waals surface area (Å²) in [6, 6.07) is 8.09. The third kappa shape index (κ3) is 5.17. The summed E-state index contributed by atoms with van der Waals surface area (Å²) in [5, 5.41) is 7.66. The minimum Gasteiger partial charge on any atom is -0.497 e. The van der Waals surface area contributed by atoms with Crippen molar-refractivity contribution in [1.82, 2.24) is 20.1 Å². The van der Waals surface area contributed by atoms with Crippen molar-refractivity contribution in [3.63, 3.8) is 0 Å². The van der Waals surface area contributed by atoms with Gasteiger partial charge in [0.2, 0.25) is 0 Å². The maximum absolute atomic E-state index is 5.15. The first kappa shape index (κ1) is 15.5. The summed E-state index contributed by atoms with van der Waals surface area (Å²) in [7, 11) is 3.36. The van der Waals surface area contributed by atoms with Gasteiger partial charge >= 0.3 is 0 Å². The molecule has 0 aliphatic carbocycles. The van der Waals surface area contributed by atoms with E-state index in [-0.39, 0.29) is 0 Å². The highest BCUT2D eigenvalue weighted by molar-refractivity contribution is 5.27. The van der Waals surface area contributed by atoms with Crippen LogP contribution in [0.5, 0.6) is 5.75 Å². The van der Waals surface area contributed by atoms with Gasteiger partial charge in [-0.1, -0.05) is 12.1 Å². The summed E-state index contributed by atoms with van der Waals surface area (Å²) >= 11 is 0. The van der Waals surface area contributed by atoms with Crippen LogP contribution >= 0.6 is 0 Å². The lowest BCUT2D eigenvalue weighted by molar-refractivity contribution is 0.199. The molecule has 1 N–H and O–H groups in total. The minimum atomic E-state index is 0.666. The number of nitrogens with one attached hydrogen (secondary N) is 1. The van der Waals surface area contributed by atoms with Crippen LogP contribution in [0.3, 0.4) is 0 Å². The van der Waals surface area contributed by atoms with Crippen molar-refractivity contribution >= 4 is 0 Å². The van der Waals surface area contributed by atoms with Gasteiger partial charge in [-0.15, -0.1) is 0 Å². The van der Waals surface area contributed by atoms with Crippen LogP contribution in [-0.4, -0.2) is 42.1 Å². The van der Waals surface area contributed by atoms with E-state index >= 15 is 0 Å². The molecule has 0 saturated heterocycles. The van der Waals surface area contributed by atoms with E-state index in [0.717, 1.165) is 31.1 Å². The van der Waals surface area contributed by atoms with Crippen LogP contribution in [-0.2, 0) is 24.2 Å². The number of benzene rings is 1. The number of aromatic nitrogens is 3. The van der Waals surface area contributed by atoms with E-state index in [0.29, 0.717) is 13.2 Å². The second-order valence-electron chi connectivity index (χ2n) is 4.69. The number of aryl methyl sites for hydroxylation is 2. The summed E-state index contributed by atoms with van der Waals surface area (Å²) in [6.07, 6.45) is 2.70. The molecule has 6 nitrogen and oxygen atoms in total. The third-order valence-corrected chi connectivity index (χ3v) is 3.14. The van der Waals surface area contributed by atoms with E-state index in [1.54, 1.807) is 20.5 Å². The molecule has 0 aliphatic rings. The molecule has 0 aliphatic heterocycles. The van der Waals surface area contributed by atoms with Crippen LogP contribution in [0.2, 0.25) is 0 Å². The summed E-state index contributed by atoms with van der Waals surface area (Å²) in [6.45, 7) is 2.98. The number of hydrogen-bond donors (Lipinski definition) is 1. The topological polar surface area (TPSA) is 61.2 Å². The molecule has 1 aromatic carbocycles. The first-order chi connectivity index (χ1) is 10.3. The molecule has 21 heavy (non-hydrogen) atoms. The van der Waals surface area contributed by atoms with Crippen molar-refractivity contribution in [3.8, 4) is 5.75 Å².